The molecule has 0 saturated heterocycles. The Bertz CT molecular complexity index is 402. The average molecular weight is 193 g/mol. The summed E-state index contributed by atoms with van der Waals surface area (Å²) in [6, 6.07) is 4.71. The number of nitrogens with two attached hydrogens (primary N) is 1. The number of aliphatic carboxylic acids is 1. The fourth-order valence-corrected chi connectivity index (χ4v) is 1.89. The quantitative estimate of drug-likeness (QED) is 0.609. The number of benzene rings is 1. The van der Waals surface area contributed by atoms with Crippen LogP contribution in [0.5, 0.6) is 5.75 Å². The molecule has 4 N–H and O–H groups in total. The zero-order valence-electron chi connectivity index (χ0n) is 7.53. The Morgan fingerprint density at radius 2 is 2.21 bits per heavy atom. The summed E-state index contributed by atoms with van der Waals surface area (Å²) in [4.78, 5) is 11.0. The van der Waals surface area contributed by atoms with E-state index in [2.05, 4.69) is 0 Å². The van der Waals surface area contributed by atoms with Crippen LogP contribution in [-0.2, 0) is 16.8 Å². The lowest BCUT2D eigenvalue weighted by Crippen LogP contribution is -2.42. The van der Waals surface area contributed by atoms with Gasteiger partial charge in [0.1, 0.15) is 11.3 Å². The summed E-state index contributed by atoms with van der Waals surface area (Å²) in [5, 5.41) is 18.3. The Hall–Kier alpha value is -1.55. The van der Waals surface area contributed by atoms with Gasteiger partial charge in [-0.05, 0) is 36.1 Å². The summed E-state index contributed by atoms with van der Waals surface area (Å²) in [5.74, 6) is -0.983. The first-order chi connectivity index (χ1) is 6.54. The fourth-order valence-electron chi connectivity index (χ4n) is 1.89. The van der Waals surface area contributed by atoms with Crippen molar-refractivity contribution in [2.45, 2.75) is 18.4 Å². The van der Waals surface area contributed by atoms with Crippen LogP contribution < -0.4 is 5.73 Å². The second kappa shape index (κ2) is 2.72. The summed E-state index contributed by atoms with van der Waals surface area (Å²) < 4.78 is 0. The Morgan fingerprint density at radius 1 is 1.50 bits per heavy atom. The van der Waals surface area contributed by atoms with Crippen molar-refractivity contribution in [1.29, 1.82) is 0 Å². The van der Waals surface area contributed by atoms with Gasteiger partial charge >= 0.3 is 5.97 Å². The topological polar surface area (TPSA) is 83.6 Å². The highest BCUT2D eigenvalue weighted by molar-refractivity contribution is 5.82. The maximum absolute atomic E-state index is 11.0. The Kier molecular flexibility index (Phi) is 1.75. The molecule has 1 aliphatic rings. The molecule has 0 spiro atoms. The molecule has 4 heteroatoms. The predicted molar refractivity (Wildman–Crippen MR) is 49.9 cm³/mol. The molecular weight excluding hydrogens is 182 g/mol. The van der Waals surface area contributed by atoms with Crippen LogP contribution in [0.4, 0.5) is 0 Å². The number of rotatable bonds is 1. The van der Waals surface area contributed by atoms with Crippen LogP contribution in [-0.4, -0.2) is 16.2 Å². The molecule has 74 valence electrons. The molecule has 0 bridgehead atoms. The molecule has 0 saturated carbocycles. The van der Waals surface area contributed by atoms with Gasteiger partial charge in [-0.25, -0.2) is 4.79 Å². The van der Waals surface area contributed by atoms with Crippen molar-refractivity contribution >= 4 is 5.97 Å². The molecule has 0 aromatic heterocycles. The number of hydrogen-bond donors (Lipinski definition) is 3. The van der Waals surface area contributed by atoms with Crippen LogP contribution in [0, 0.1) is 0 Å². The van der Waals surface area contributed by atoms with E-state index in [1.807, 2.05) is 0 Å². The highest BCUT2D eigenvalue weighted by Gasteiger charge is 2.42. The molecule has 1 aliphatic carbocycles. The SMILES string of the molecule is NC1(C(=O)O)CCc2ccc(O)cc21. The van der Waals surface area contributed by atoms with Gasteiger partial charge in [-0.15, -0.1) is 0 Å². The van der Waals surface area contributed by atoms with E-state index in [4.69, 9.17) is 10.8 Å². The maximum Gasteiger partial charge on any atom is 0.328 e. The van der Waals surface area contributed by atoms with Gasteiger partial charge in [0.25, 0.3) is 0 Å². The summed E-state index contributed by atoms with van der Waals surface area (Å²) in [5.41, 5.74) is 5.89. The first-order valence-corrected chi connectivity index (χ1v) is 4.39. The summed E-state index contributed by atoms with van der Waals surface area (Å²) >= 11 is 0. The third-order valence-electron chi connectivity index (χ3n) is 2.74. The van der Waals surface area contributed by atoms with Gasteiger partial charge in [0.05, 0.1) is 0 Å². The van der Waals surface area contributed by atoms with Crippen molar-refractivity contribution in [2.24, 2.45) is 5.73 Å². The molecule has 0 radical (unpaired) electrons. The third-order valence-corrected chi connectivity index (χ3v) is 2.74. The number of carbonyl (C=O) groups is 1. The van der Waals surface area contributed by atoms with Gasteiger partial charge in [-0.1, -0.05) is 6.07 Å². The van der Waals surface area contributed by atoms with Crippen molar-refractivity contribution in [2.75, 3.05) is 0 Å². The van der Waals surface area contributed by atoms with Crippen LogP contribution in [0.1, 0.15) is 17.5 Å². The number of phenolic OH excluding ortho intramolecular Hbond substituents is 1. The number of fused-ring (bicyclic) bond motifs is 1. The number of hydrogen-bond acceptors (Lipinski definition) is 3. The van der Waals surface area contributed by atoms with Crippen LogP contribution in [0.15, 0.2) is 18.2 Å². The van der Waals surface area contributed by atoms with Crippen molar-refractivity contribution in [3.8, 4) is 5.75 Å². The molecule has 0 aliphatic heterocycles. The predicted octanol–water partition coefficient (Wildman–Crippen LogP) is 0.577. The lowest BCUT2D eigenvalue weighted by atomic mass is 9.93. The average Bonchev–Trinajstić information content (AvgIpc) is 2.46. The van der Waals surface area contributed by atoms with Crippen molar-refractivity contribution < 1.29 is 15.0 Å². The zero-order valence-corrected chi connectivity index (χ0v) is 7.53. The summed E-state index contributed by atoms with van der Waals surface area (Å²) in [6.07, 6.45) is 1.04. The van der Waals surface area contributed by atoms with Gasteiger partial charge in [0.15, 0.2) is 0 Å². The van der Waals surface area contributed by atoms with Gasteiger partial charge in [0.2, 0.25) is 0 Å². The molecule has 4 nitrogen and oxygen atoms in total. The van der Waals surface area contributed by atoms with Crippen molar-refractivity contribution in [3.05, 3.63) is 29.3 Å². The van der Waals surface area contributed by atoms with Crippen molar-refractivity contribution in [3.63, 3.8) is 0 Å². The van der Waals surface area contributed by atoms with Gasteiger partial charge in [-0.3, -0.25) is 0 Å². The van der Waals surface area contributed by atoms with E-state index >= 15 is 0 Å². The first-order valence-electron chi connectivity index (χ1n) is 4.39. The normalized spacial score (nSPS) is 24.6. The van der Waals surface area contributed by atoms with E-state index in [0.29, 0.717) is 18.4 Å². The van der Waals surface area contributed by atoms with E-state index in [9.17, 15) is 9.90 Å². The molecule has 1 aromatic carbocycles. The smallest absolute Gasteiger partial charge is 0.328 e. The number of phenols is 1. The van der Waals surface area contributed by atoms with E-state index < -0.39 is 11.5 Å². The molecule has 2 rings (SSSR count). The monoisotopic (exact) mass is 193 g/mol. The summed E-state index contributed by atoms with van der Waals surface area (Å²) in [6.45, 7) is 0. The minimum atomic E-state index is -1.33. The molecule has 0 amide bonds. The zero-order chi connectivity index (χ0) is 10.3. The molecular formula is C10H11NO3. The summed E-state index contributed by atoms with van der Waals surface area (Å²) in [7, 11) is 0. The maximum atomic E-state index is 11.0. The standard InChI is InChI=1S/C10H11NO3/c11-10(9(13)14)4-3-6-1-2-7(12)5-8(6)10/h1-2,5,12H,3-4,11H2,(H,13,14). The number of carboxylic acid groups (broad SMARTS) is 1. The van der Waals surface area contributed by atoms with Crippen molar-refractivity contribution in [1.82, 2.24) is 0 Å². The van der Waals surface area contributed by atoms with E-state index in [0.717, 1.165) is 5.56 Å². The van der Waals surface area contributed by atoms with Gasteiger partial charge in [0, 0.05) is 0 Å². The molecule has 1 aromatic rings. The van der Waals surface area contributed by atoms with Crippen LogP contribution in [0.3, 0.4) is 0 Å². The molecule has 0 heterocycles. The van der Waals surface area contributed by atoms with E-state index in [-0.39, 0.29) is 5.75 Å². The van der Waals surface area contributed by atoms with Crippen LogP contribution in [0.2, 0.25) is 0 Å². The highest BCUT2D eigenvalue weighted by atomic mass is 16.4. The van der Waals surface area contributed by atoms with E-state index in [1.54, 1.807) is 12.1 Å². The molecule has 1 unspecified atom stereocenters. The minimum Gasteiger partial charge on any atom is -0.508 e. The molecule has 1 atom stereocenters. The fraction of sp³-hybridized carbons (Fsp3) is 0.300. The first kappa shape index (κ1) is 9.02. The second-order valence-corrected chi connectivity index (χ2v) is 3.62. The van der Waals surface area contributed by atoms with Crippen LogP contribution >= 0.6 is 0 Å². The van der Waals surface area contributed by atoms with Gasteiger partial charge in [-0.2, -0.15) is 0 Å². The minimum absolute atomic E-state index is 0.0572. The molecule has 0 fully saturated rings. The number of aryl methyl sites for hydroxylation is 1. The second-order valence-electron chi connectivity index (χ2n) is 3.62. The Labute approximate surface area is 81.0 Å². The Balaban J connectivity index is 2.58. The Morgan fingerprint density at radius 3 is 2.86 bits per heavy atom. The van der Waals surface area contributed by atoms with E-state index in [1.165, 1.54) is 6.07 Å². The highest BCUT2D eigenvalue weighted by Crippen LogP contribution is 2.36. The molecule has 14 heavy (non-hydrogen) atoms. The van der Waals surface area contributed by atoms with Crippen LogP contribution in [0.25, 0.3) is 0 Å². The lowest BCUT2D eigenvalue weighted by molar-refractivity contribution is -0.143. The lowest BCUT2D eigenvalue weighted by Gasteiger charge is -2.19. The largest absolute Gasteiger partial charge is 0.508 e. The number of aromatic hydroxyl groups is 1. The van der Waals surface area contributed by atoms with Gasteiger partial charge < -0.3 is 15.9 Å². The third kappa shape index (κ3) is 1.08. The number of carboxylic acids is 1.